The molecule has 5 aromatic rings. The molecule has 5 heteroatoms. The summed E-state index contributed by atoms with van der Waals surface area (Å²) in [5, 5.41) is 14.5. The summed E-state index contributed by atoms with van der Waals surface area (Å²) in [6.07, 6.45) is 0.530. The van der Waals surface area contributed by atoms with Gasteiger partial charge < -0.3 is 10.4 Å². The van der Waals surface area contributed by atoms with E-state index in [4.69, 9.17) is 9.97 Å². The average Bonchev–Trinajstić information content (AvgIpc) is 2.80. The summed E-state index contributed by atoms with van der Waals surface area (Å²) in [6.45, 7) is 0. The van der Waals surface area contributed by atoms with Crippen molar-refractivity contribution in [1.29, 1.82) is 0 Å². The van der Waals surface area contributed by atoms with Gasteiger partial charge in [-0.3, -0.25) is 4.79 Å². The summed E-state index contributed by atoms with van der Waals surface area (Å²) in [7, 11) is 0. The topological polar surface area (TPSA) is 75.1 Å². The Bertz CT molecular complexity index is 1400. The number of phenols is 1. The predicted molar refractivity (Wildman–Crippen MR) is 122 cm³/mol. The van der Waals surface area contributed by atoms with Crippen LogP contribution in [0.5, 0.6) is 5.75 Å². The summed E-state index contributed by atoms with van der Waals surface area (Å²) in [4.78, 5) is 22.5. The molecule has 0 saturated carbocycles. The summed E-state index contributed by atoms with van der Waals surface area (Å²) >= 11 is 0. The Morgan fingerprint density at radius 2 is 1.58 bits per heavy atom. The van der Waals surface area contributed by atoms with E-state index in [1.54, 1.807) is 24.3 Å². The molecular formula is C26H19N3O2. The summed E-state index contributed by atoms with van der Waals surface area (Å²) in [5.41, 5.74) is 3.73. The number of nitrogens with one attached hydrogen (secondary N) is 1. The van der Waals surface area contributed by atoms with Crippen molar-refractivity contribution in [2.24, 2.45) is 0 Å². The highest BCUT2D eigenvalue weighted by molar-refractivity contribution is 6.07. The van der Waals surface area contributed by atoms with Crippen molar-refractivity contribution in [3.63, 3.8) is 0 Å². The first-order valence-corrected chi connectivity index (χ1v) is 10.00. The molecule has 0 bridgehead atoms. The van der Waals surface area contributed by atoms with Crippen LogP contribution < -0.4 is 5.32 Å². The molecule has 1 aromatic heterocycles. The van der Waals surface area contributed by atoms with E-state index >= 15 is 0 Å². The van der Waals surface area contributed by atoms with Crippen LogP contribution in [-0.4, -0.2) is 21.0 Å². The molecule has 0 aliphatic rings. The van der Waals surface area contributed by atoms with E-state index < -0.39 is 0 Å². The fraction of sp³-hybridized carbons (Fsp3) is 0.0385. The smallest absolute Gasteiger partial charge is 0.256 e. The van der Waals surface area contributed by atoms with E-state index in [1.165, 1.54) is 0 Å². The lowest BCUT2D eigenvalue weighted by atomic mass is 10.1. The lowest BCUT2D eigenvalue weighted by Crippen LogP contribution is -2.15. The van der Waals surface area contributed by atoms with Crippen molar-refractivity contribution in [2.75, 3.05) is 5.32 Å². The van der Waals surface area contributed by atoms with Crippen LogP contribution in [0.4, 0.5) is 5.82 Å². The minimum atomic E-state index is -0.228. The second kappa shape index (κ2) is 7.88. The number of carbonyl (C=O) groups excluding carboxylic acids is 1. The number of nitrogens with zero attached hydrogens (tertiary/aromatic N) is 2. The fourth-order valence-corrected chi connectivity index (χ4v) is 3.65. The van der Waals surface area contributed by atoms with Crippen molar-refractivity contribution in [2.45, 2.75) is 6.42 Å². The van der Waals surface area contributed by atoms with Gasteiger partial charge in [0.2, 0.25) is 0 Å². The van der Waals surface area contributed by atoms with Gasteiger partial charge in [0.15, 0.2) is 5.82 Å². The molecule has 0 fully saturated rings. The number of hydrogen-bond acceptors (Lipinski definition) is 4. The van der Waals surface area contributed by atoms with E-state index in [-0.39, 0.29) is 11.7 Å². The second-order valence-electron chi connectivity index (χ2n) is 7.34. The number of amides is 1. The Morgan fingerprint density at radius 3 is 2.35 bits per heavy atom. The number of benzene rings is 4. The standard InChI is InChI=1S/C26H19N3O2/c30-20-12-13-21-19(16-20)11-14-22-24(21)27-23(15-17-7-3-1-4-8-17)25(28-22)29-26(31)18-9-5-2-6-10-18/h1-14,16,30H,15H2,(H,28,29,31). The third kappa shape index (κ3) is 3.81. The molecule has 150 valence electrons. The van der Waals surface area contributed by atoms with Gasteiger partial charge in [0, 0.05) is 17.4 Å². The maximum Gasteiger partial charge on any atom is 0.256 e. The number of rotatable bonds is 4. The highest BCUT2D eigenvalue weighted by Crippen LogP contribution is 2.28. The maximum atomic E-state index is 12.8. The molecule has 5 rings (SSSR count). The van der Waals surface area contributed by atoms with Crippen LogP contribution >= 0.6 is 0 Å². The van der Waals surface area contributed by atoms with Crippen molar-refractivity contribution in [1.82, 2.24) is 9.97 Å². The van der Waals surface area contributed by atoms with Crippen LogP contribution in [0.25, 0.3) is 21.8 Å². The summed E-state index contributed by atoms with van der Waals surface area (Å²) in [5.74, 6) is 0.425. The van der Waals surface area contributed by atoms with Crippen LogP contribution in [0, 0.1) is 0 Å². The fourth-order valence-electron chi connectivity index (χ4n) is 3.65. The van der Waals surface area contributed by atoms with Crippen molar-refractivity contribution in [3.05, 3.63) is 108 Å². The molecule has 0 radical (unpaired) electrons. The number of phenolic OH excluding ortho intramolecular Hbond substituents is 1. The number of anilines is 1. The Hall–Kier alpha value is -4.25. The van der Waals surface area contributed by atoms with Crippen LogP contribution in [0.2, 0.25) is 0 Å². The highest BCUT2D eigenvalue weighted by atomic mass is 16.3. The van der Waals surface area contributed by atoms with Crippen molar-refractivity contribution >= 4 is 33.5 Å². The zero-order valence-electron chi connectivity index (χ0n) is 16.6. The van der Waals surface area contributed by atoms with Gasteiger partial charge in [-0.25, -0.2) is 9.97 Å². The van der Waals surface area contributed by atoms with Gasteiger partial charge in [0.05, 0.1) is 16.7 Å². The number of aromatic hydroxyl groups is 1. The van der Waals surface area contributed by atoms with Crippen LogP contribution in [0.3, 0.4) is 0 Å². The van der Waals surface area contributed by atoms with Gasteiger partial charge in [-0.15, -0.1) is 0 Å². The lowest BCUT2D eigenvalue weighted by Gasteiger charge is -2.13. The molecule has 0 saturated heterocycles. The Morgan fingerprint density at radius 1 is 0.839 bits per heavy atom. The van der Waals surface area contributed by atoms with Crippen LogP contribution in [-0.2, 0) is 6.42 Å². The number of hydrogen-bond donors (Lipinski definition) is 2. The van der Waals surface area contributed by atoms with Gasteiger partial charge in [-0.05, 0) is 47.3 Å². The van der Waals surface area contributed by atoms with E-state index in [9.17, 15) is 9.90 Å². The van der Waals surface area contributed by atoms with E-state index in [1.807, 2.05) is 66.7 Å². The summed E-state index contributed by atoms with van der Waals surface area (Å²) in [6, 6.07) is 28.0. The maximum absolute atomic E-state index is 12.8. The van der Waals surface area contributed by atoms with Gasteiger partial charge in [0.1, 0.15) is 5.75 Å². The van der Waals surface area contributed by atoms with E-state index in [2.05, 4.69) is 5.32 Å². The molecule has 31 heavy (non-hydrogen) atoms. The SMILES string of the molecule is O=C(Nc1nc2ccc3cc(O)ccc3c2nc1Cc1ccccc1)c1ccccc1. The van der Waals surface area contributed by atoms with Gasteiger partial charge >= 0.3 is 0 Å². The first-order valence-electron chi connectivity index (χ1n) is 10.00. The minimum absolute atomic E-state index is 0.205. The Labute approximate surface area is 179 Å². The Kier molecular flexibility index (Phi) is 4.77. The molecule has 0 spiro atoms. The highest BCUT2D eigenvalue weighted by Gasteiger charge is 2.15. The predicted octanol–water partition coefficient (Wildman–Crippen LogP) is 5.33. The van der Waals surface area contributed by atoms with Crippen LogP contribution in [0.1, 0.15) is 21.6 Å². The zero-order valence-corrected chi connectivity index (χ0v) is 16.6. The van der Waals surface area contributed by atoms with Crippen molar-refractivity contribution < 1.29 is 9.90 Å². The van der Waals surface area contributed by atoms with Gasteiger partial charge in [0.25, 0.3) is 5.91 Å². The third-order valence-electron chi connectivity index (χ3n) is 5.19. The monoisotopic (exact) mass is 405 g/mol. The quantitative estimate of drug-likeness (QED) is 0.396. The molecule has 2 N–H and O–H groups in total. The minimum Gasteiger partial charge on any atom is -0.508 e. The lowest BCUT2D eigenvalue weighted by molar-refractivity contribution is 0.102. The first-order chi connectivity index (χ1) is 15.2. The summed E-state index contributed by atoms with van der Waals surface area (Å²) < 4.78 is 0. The Balaban J connectivity index is 1.65. The molecule has 5 nitrogen and oxygen atoms in total. The van der Waals surface area contributed by atoms with Crippen molar-refractivity contribution in [3.8, 4) is 5.75 Å². The second-order valence-corrected chi connectivity index (χ2v) is 7.34. The number of fused-ring (bicyclic) bond motifs is 3. The largest absolute Gasteiger partial charge is 0.508 e. The normalized spacial score (nSPS) is 11.0. The van der Waals surface area contributed by atoms with Gasteiger partial charge in [-0.2, -0.15) is 0 Å². The molecule has 4 aromatic carbocycles. The third-order valence-corrected chi connectivity index (χ3v) is 5.19. The molecule has 0 atom stereocenters. The molecule has 0 unspecified atom stereocenters. The number of aromatic nitrogens is 2. The van der Waals surface area contributed by atoms with Gasteiger partial charge in [-0.1, -0.05) is 54.6 Å². The van der Waals surface area contributed by atoms with E-state index in [0.29, 0.717) is 29.0 Å². The first kappa shape index (κ1) is 18.8. The molecule has 0 aliphatic carbocycles. The molecule has 1 amide bonds. The molecular weight excluding hydrogens is 386 g/mol. The van der Waals surface area contributed by atoms with E-state index in [0.717, 1.165) is 21.9 Å². The molecule has 1 heterocycles. The van der Waals surface area contributed by atoms with Crippen LogP contribution in [0.15, 0.2) is 91.0 Å². The number of carbonyl (C=O) groups is 1. The molecule has 0 aliphatic heterocycles. The average molecular weight is 405 g/mol. The zero-order chi connectivity index (χ0) is 21.2.